The lowest BCUT2D eigenvalue weighted by Crippen LogP contribution is -2.27. The van der Waals surface area contributed by atoms with E-state index in [9.17, 15) is 0 Å². The molecule has 3 rings (SSSR count). The van der Waals surface area contributed by atoms with Crippen LogP contribution in [-0.4, -0.2) is 15.8 Å². The fourth-order valence-corrected chi connectivity index (χ4v) is 2.78. The minimum absolute atomic E-state index is 0.619. The van der Waals surface area contributed by atoms with Crippen molar-refractivity contribution < 1.29 is 0 Å². The summed E-state index contributed by atoms with van der Waals surface area (Å²) in [6.07, 6.45) is 2.77. The predicted octanol–water partition coefficient (Wildman–Crippen LogP) is 3.38. The number of hydrogen-bond donors (Lipinski definition) is 1. The third kappa shape index (κ3) is 2.63. The molecular formula is C17H23N3. The highest BCUT2D eigenvalue weighted by Gasteiger charge is 2.27. The maximum Gasteiger partial charge on any atom is 0.0648 e. The number of nitrogens with one attached hydrogen (secondary N) is 1. The van der Waals surface area contributed by atoms with Gasteiger partial charge in [-0.25, -0.2) is 4.68 Å². The molecule has 1 N–H and O–H groups in total. The van der Waals surface area contributed by atoms with Gasteiger partial charge in [-0.05, 0) is 51.7 Å². The van der Waals surface area contributed by atoms with E-state index in [1.165, 1.54) is 24.1 Å². The second-order valence-corrected chi connectivity index (χ2v) is 5.90. The number of benzene rings is 1. The average molecular weight is 269 g/mol. The highest BCUT2D eigenvalue weighted by atomic mass is 15.3. The molecule has 106 valence electrons. The predicted molar refractivity (Wildman–Crippen MR) is 82.1 cm³/mol. The van der Waals surface area contributed by atoms with Gasteiger partial charge in [0.05, 0.1) is 11.4 Å². The summed E-state index contributed by atoms with van der Waals surface area (Å²) >= 11 is 0. The summed E-state index contributed by atoms with van der Waals surface area (Å²) in [7, 11) is 0. The van der Waals surface area contributed by atoms with Gasteiger partial charge in [0.25, 0.3) is 0 Å². The molecule has 0 saturated heterocycles. The number of rotatable bonds is 5. The fraction of sp³-hybridized carbons (Fsp3) is 0.471. The molecule has 2 aromatic rings. The Bertz CT molecular complexity index is 582. The van der Waals surface area contributed by atoms with Crippen LogP contribution in [0.4, 0.5) is 0 Å². The molecule has 1 aliphatic carbocycles. The van der Waals surface area contributed by atoms with E-state index in [-0.39, 0.29) is 0 Å². The SMILES string of the molecule is Cc1nn(-c2ccccc2)c(C)c1CNC(C)C1CC1. The molecule has 1 aromatic heterocycles. The largest absolute Gasteiger partial charge is 0.310 e. The minimum atomic E-state index is 0.619. The Morgan fingerprint density at radius 1 is 1.25 bits per heavy atom. The van der Waals surface area contributed by atoms with Gasteiger partial charge in [0, 0.05) is 23.8 Å². The molecule has 1 fully saturated rings. The van der Waals surface area contributed by atoms with E-state index in [1.807, 2.05) is 10.7 Å². The van der Waals surface area contributed by atoms with Crippen LogP contribution in [0, 0.1) is 19.8 Å². The van der Waals surface area contributed by atoms with Crippen LogP contribution in [0.1, 0.15) is 36.7 Å². The quantitative estimate of drug-likeness (QED) is 0.902. The number of para-hydroxylation sites is 1. The van der Waals surface area contributed by atoms with Crippen molar-refractivity contribution in [2.75, 3.05) is 0 Å². The number of aryl methyl sites for hydroxylation is 1. The maximum atomic E-state index is 4.70. The van der Waals surface area contributed by atoms with Crippen LogP contribution in [0.2, 0.25) is 0 Å². The van der Waals surface area contributed by atoms with Crippen molar-refractivity contribution in [1.29, 1.82) is 0 Å². The summed E-state index contributed by atoms with van der Waals surface area (Å²) in [6, 6.07) is 11.0. The monoisotopic (exact) mass is 269 g/mol. The van der Waals surface area contributed by atoms with E-state index < -0.39 is 0 Å². The molecule has 0 spiro atoms. The number of aromatic nitrogens is 2. The van der Waals surface area contributed by atoms with Gasteiger partial charge in [0.1, 0.15) is 0 Å². The van der Waals surface area contributed by atoms with Gasteiger partial charge in [-0.3, -0.25) is 0 Å². The first-order valence-electron chi connectivity index (χ1n) is 7.50. The maximum absolute atomic E-state index is 4.70. The van der Waals surface area contributed by atoms with Gasteiger partial charge in [0.15, 0.2) is 0 Å². The Labute approximate surface area is 121 Å². The van der Waals surface area contributed by atoms with E-state index in [0.29, 0.717) is 6.04 Å². The van der Waals surface area contributed by atoms with Crippen LogP contribution >= 0.6 is 0 Å². The van der Waals surface area contributed by atoms with Crippen LogP contribution in [-0.2, 0) is 6.54 Å². The van der Waals surface area contributed by atoms with Crippen LogP contribution < -0.4 is 5.32 Å². The lowest BCUT2D eigenvalue weighted by atomic mass is 10.1. The smallest absolute Gasteiger partial charge is 0.0648 e. The van der Waals surface area contributed by atoms with Gasteiger partial charge < -0.3 is 5.32 Å². The third-order valence-corrected chi connectivity index (χ3v) is 4.37. The van der Waals surface area contributed by atoms with Gasteiger partial charge in [-0.1, -0.05) is 18.2 Å². The van der Waals surface area contributed by atoms with Gasteiger partial charge in [-0.2, -0.15) is 5.10 Å². The summed E-state index contributed by atoms with van der Waals surface area (Å²) in [5.41, 5.74) is 4.84. The highest BCUT2D eigenvalue weighted by molar-refractivity contribution is 5.36. The second kappa shape index (κ2) is 5.41. The molecule has 1 aliphatic rings. The van der Waals surface area contributed by atoms with Crippen molar-refractivity contribution in [2.45, 2.75) is 46.2 Å². The van der Waals surface area contributed by atoms with E-state index in [0.717, 1.165) is 23.8 Å². The zero-order valence-electron chi connectivity index (χ0n) is 12.6. The molecule has 1 heterocycles. The van der Waals surface area contributed by atoms with Crippen molar-refractivity contribution in [3.63, 3.8) is 0 Å². The van der Waals surface area contributed by atoms with Crippen LogP contribution in [0.5, 0.6) is 0 Å². The van der Waals surface area contributed by atoms with Gasteiger partial charge in [-0.15, -0.1) is 0 Å². The zero-order valence-corrected chi connectivity index (χ0v) is 12.6. The first-order chi connectivity index (χ1) is 9.66. The van der Waals surface area contributed by atoms with Crippen molar-refractivity contribution in [1.82, 2.24) is 15.1 Å². The summed E-state index contributed by atoms with van der Waals surface area (Å²) in [5.74, 6) is 0.889. The third-order valence-electron chi connectivity index (χ3n) is 4.37. The Balaban J connectivity index is 1.79. The summed E-state index contributed by atoms with van der Waals surface area (Å²) in [6.45, 7) is 7.48. The molecule has 3 nitrogen and oxygen atoms in total. The standard InChI is InChI=1S/C17H23N3/c1-12(15-9-10-15)18-11-17-13(2)19-20(14(17)3)16-7-5-4-6-8-16/h4-8,12,15,18H,9-11H2,1-3H3. The molecule has 1 unspecified atom stereocenters. The minimum Gasteiger partial charge on any atom is -0.310 e. The Morgan fingerprint density at radius 3 is 2.60 bits per heavy atom. The van der Waals surface area contributed by atoms with E-state index >= 15 is 0 Å². The highest BCUT2D eigenvalue weighted by Crippen LogP contribution is 2.32. The first-order valence-corrected chi connectivity index (χ1v) is 7.50. The van der Waals surface area contributed by atoms with Crippen LogP contribution in [0.25, 0.3) is 5.69 Å². The van der Waals surface area contributed by atoms with E-state index in [2.05, 4.69) is 50.4 Å². The van der Waals surface area contributed by atoms with Crippen molar-refractivity contribution in [2.24, 2.45) is 5.92 Å². The van der Waals surface area contributed by atoms with Gasteiger partial charge in [0.2, 0.25) is 0 Å². The van der Waals surface area contributed by atoms with Crippen molar-refractivity contribution in [3.05, 3.63) is 47.3 Å². The van der Waals surface area contributed by atoms with Gasteiger partial charge >= 0.3 is 0 Å². The summed E-state index contributed by atoms with van der Waals surface area (Å²) in [4.78, 5) is 0. The normalized spacial score (nSPS) is 16.4. The Kier molecular flexibility index (Phi) is 3.62. The molecule has 1 saturated carbocycles. The molecule has 3 heteroatoms. The molecule has 1 atom stereocenters. The molecule has 0 amide bonds. The summed E-state index contributed by atoms with van der Waals surface area (Å²) < 4.78 is 2.05. The van der Waals surface area contributed by atoms with Crippen LogP contribution in [0.15, 0.2) is 30.3 Å². The molecular weight excluding hydrogens is 246 g/mol. The Morgan fingerprint density at radius 2 is 1.95 bits per heavy atom. The molecule has 0 aliphatic heterocycles. The molecule has 1 aromatic carbocycles. The van der Waals surface area contributed by atoms with E-state index in [4.69, 9.17) is 5.10 Å². The summed E-state index contributed by atoms with van der Waals surface area (Å²) in [5, 5.41) is 8.35. The first kappa shape index (κ1) is 13.4. The topological polar surface area (TPSA) is 29.9 Å². The lowest BCUT2D eigenvalue weighted by Gasteiger charge is -2.13. The van der Waals surface area contributed by atoms with E-state index in [1.54, 1.807) is 0 Å². The lowest BCUT2D eigenvalue weighted by molar-refractivity contribution is 0.495. The number of nitrogens with zero attached hydrogens (tertiary/aromatic N) is 2. The fourth-order valence-electron chi connectivity index (χ4n) is 2.78. The van der Waals surface area contributed by atoms with Crippen LogP contribution in [0.3, 0.4) is 0 Å². The molecule has 0 radical (unpaired) electrons. The number of hydrogen-bond acceptors (Lipinski definition) is 2. The molecule has 0 bridgehead atoms. The second-order valence-electron chi connectivity index (χ2n) is 5.90. The average Bonchev–Trinajstić information content (AvgIpc) is 3.26. The zero-order chi connectivity index (χ0) is 14.1. The van der Waals surface area contributed by atoms with Crippen molar-refractivity contribution in [3.8, 4) is 5.69 Å². The Hall–Kier alpha value is -1.61. The van der Waals surface area contributed by atoms with Crippen molar-refractivity contribution >= 4 is 0 Å². The molecule has 20 heavy (non-hydrogen) atoms.